The summed E-state index contributed by atoms with van der Waals surface area (Å²) in [6, 6.07) is 5.23. The van der Waals surface area contributed by atoms with Crippen LogP contribution in [-0.2, 0) is 13.6 Å². The third-order valence-corrected chi connectivity index (χ3v) is 5.02. The molecule has 0 bridgehead atoms. The summed E-state index contributed by atoms with van der Waals surface area (Å²) in [5.41, 5.74) is 0.158. The van der Waals surface area contributed by atoms with Gasteiger partial charge < -0.3 is 14.6 Å². The number of hydrogen-bond donors (Lipinski definition) is 1. The van der Waals surface area contributed by atoms with E-state index in [1.54, 1.807) is 18.2 Å². The van der Waals surface area contributed by atoms with Gasteiger partial charge in [0, 0.05) is 43.1 Å². The summed E-state index contributed by atoms with van der Waals surface area (Å²) in [5.74, 6) is 1.49. The highest BCUT2D eigenvalue weighted by atomic mass is 35.5. The molecule has 2 aromatic rings. The van der Waals surface area contributed by atoms with Crippen molar-refractivity contribution in [3.05, 3.63) is 47.0 Å². The monoisotopic (exact) mass is 404 g/mol. The van der Waals surface area contributed by atoms with Gasteiger partial charge in [0.05, 0.1) is 12.1 Å². The summed E-state index contributed by atoms with van der Waals surface area (Å²) in [7, 11) is 2.02. The summed E-state index contributed by atoms with van der Waals surface area (Å²) < 4.78 is 8.27. The normalized spacial score (nSPS) is 16.2. The number of imidazole rings is 1. The van der Waals surface area contributed by atoms with Crippen LogP contribution in [0.15, 0.2) is 30.6 Å². The Morgan fingerprint density at radius 2 is 2.04 bits per heavy atom. The fraction of sp³-hybridized carbons (Fsp3) is 0.524. The fourth-order valence-corrected chi connectivity index (χ4v) is 3.48. The van der Waals surface area contributed by atoms with Gasteiger partial charge in [-0.05, 0) is 51.8 Å². The predicted octanol–water partition coefficient (Wildman–Crippen LogP) is 3.65. The first-order valence-corrected chi connectivity index (χ1v) is 10.1. The molecule has 6 nitrogen and oxygen atoms in total. The van der Waals surface area contributed by atoms with Crippen molar-refractivity contribution >= 4 is 17.5 Å². The maximum Gasteiger partial charge on any atom is 0.255 e. The molecule has 0 atom stereocenters. The molecule has 28 heavy (non-hydrogen) atoms. The van der Waals surface area contributed by atoms with E-state index in [1.807, 2.05) is 40.2 Å². The first-order chi connectivity index (χ1) is 13.2. The lowest BCUT2D eigenvalue weighted by molar-refractivity contribution is 0.0864. The third kappa shape index (κ3) is 5.49. The zero-order chi connectivity index (χ0) is 20.3. The minimum absolute atomic E-state index is 0.0833. The van der Waals surface area contributed by atoms with E-state index < -0.39 is 0 Å². The molecule has 0 unspecified atom stereocenters. The predicted molar refractivity (Wildman–Crippen MR) is 111 cm³/mol. The largest absolute Gasteiger partial charge is 0.489 e. The second-order valence-electron chi connectivity index (χ2n) is 8.39. The summed E-state index contributed by atoms with van der Waals surface area (Å²) in [4.78, 5) is 19.5. The maximum absolute atomic E-state index is 12.7. The van der Waals surface area contributed by atoms with Crippen LogP contribution in [0.1, 0.15) is 49.8 Å². The highest BCUT2D eigenvalue weighted by molar-refractivity contribution is 6.31. The molecule has 0 saturated carbocycles. The van der Waals surface area contributed by atoms with E-state index in [4.69, 9.17) is 16.3 Å². The lowest BCUT2D eigenvalue weighted by Gasteiger charge is -2.32. The zero-order valence-electron chi connectivity index (χ0n) is 17.0. The molecule has 1 aromatic heterocycles. The SMILES string of the molecule is Cn1ccnc1CN1CCC(Oc2ccc(Cl)cc2C(=O)NC(C)(C)C)CC1. The number of ether oxygens (including phenoxy) is 1. The van der Waals surface area contributed by atoms with Gasteiger partial charge in [0.25, 0.3) is 5.91 Å². The van der Waals surface area contributed by atoms with E-state index in [0.29, 0.717) is 16.3 Å². The number of aryl methyl sites for hydroxylation is 1. The van der Waals surface area contributed by atoms with Crippen LogP contribution in [-0.4, -0.2) is 45.1 Å². The van der Waals surface area contributed by atoms with E-state index in [1.165, 1.54) is 0 Å². The number of aromatic nitrogens is 2. The molecule has 0 radical (unpaired) electrons. The lowest BCUT2D eigenvalue weighted by Crippen LogP contribution is -2.41. The molecule has 1 aliphatic heterocycles. The molecule has 1 amide bonds. The second-order valence-corrected chi connectivity index (χ2v) is 8.83. The molecule has 0 spiro atoms. The van der Waals surface area contributed by atoms with Crippen LogP contribution in [0.25, 0.3) is 0 Å². The molecule has 1 fully saturated rings. The van der Waals surface area contributed by atoms with Gasteiger partial charge in [0.2, 0.25) is 0 Å². The number of nitrogens with zero attached hydrogens (tertiary/aromatic N) is 3. The van der Waals surface area contributed by atoms with Crippen LogP contribution in [0.3, 0.4) is 0 Å². The molecule has 3 rings (SSSR count). The summed E-state index contributed by atoms with van der Waals surface area (Å²) in [5, 5.41) is 3.51. The number of rotatable bonds is 5. The first-order valence-electron chi connectivity index (χ1n) is 9.68. The van der Waals surface area contributed by atoms with Crippen LogP contribution < -0.4 is 10.1 Å². The van der Waals surface area contributed by atoms with Gasteiger partial charge in [-0.25, -0.2) is 4.98 Å². The summed E-state index contributed by atoms with van der Waals surface area (Å²) in [6.45, 7) is 8.58. The molecular formula is C21H29ClN4O2. The Morgan fingerprint density at radius 1 is 1.32 bits per heavy atom. The Labute approximate surface area is 171 Å². The van der Waals surface area contributed by atoms with E-state index >= 15 is 0 Å². The van der Waals surface area contributed by atoms with E-state index in [9.17, 15) is 4.79 Å². The summed E-state index contributed by atoms with van der Waals surface area (Å²) >= 11 is 6.12. The number of amides is 1. The molecule has 152 valence electrons. The van der Waals surface area contributed by atoms with Gasteiger partial charge in [0.1, 0.15) is 17.7 Å². The first kappa shape index (κ1) is 20.7. The average Bonchev–Trinajstić information content (AvgIpc) is 3.01. The number of carbonyl (C=O) groups excluding carboxylic acids is 1. The minimum Gasteiger partial charge on any atom is -0.489 e. The third-order valence-electron chi connectivity index (χ3n) is 4.79. The van der Waals surface area contributed by atoms with Crippen molar-refractivity contribution < 1.29 is 9.53 Å². The van der Waals surface area contributed by atoms with Crippen LogP contribution in [0.5, 0.6) is 5.75 Å². The number of likely N-dealkylation sites (tertiary alicyclic amines) is 1. The van der Waals surface area contributed by atoms with Crippen LogP contribution >= 0.6 is 11.6 Å². The smallest absolute Gasteiger partial charge is 0.255 e. The van der Waals surface area contributed by atoms with Crippen molar-refractivity contribution in [1.82, 2.24) is 19.8 Å². The molecular weight excluding hydrogens is 376 g/mol. The van der Waals surface area contributed by atoms with Crippen molar-refractivity contribution in [2.75, 3.05) is 13.1 Å². The average molecular weight is 405 g/mol. The Kier molecular flexibility index (Phi) is 6.30. The quantitative estimate of drug-likeness (QED) is 0.826. The Hall–Kier alpha value is -2.05. The zero-order valence-corrected chi connectivity index (χ0v) is 17.8. The van der Waals surface area contributed by atoms with Crippen molar-refractivity contribution in [2.45, 2.75) is 51.8 Å². The Morgan fingerprint density at radius 3 is 2.64 bits per heavy atom. The number of carbonyl (C=O) groups is 1. The van der Waals surface area contributed by atoms with Crippen LogP contribution in [0.2, 0.25) is 5.02 Å². The van der Waals surface area contributed by atoms with Gasteiger partial charge in [-0.15, -0.1) is 0 Å². The number of piperidine rings is 1. The van der Waals surface area contributed by atoms with Gasteiger partial charge in [-0.3, -0.25) is 9.69 Å². The molecule has 0 aliphatic carbocycles. The Bertz CT molecular complexity index is 820. The Balaban J connectivity index is 1.61. The van der Waals surface area contributed by atoms with Crippen molar-refractivity contribution in [3.8, 4) is 5.75 Å². The molecule has 1 aromatic carbocycles. The molecule has 1 saturated heterocycles. The number of halogens is 1. The van der Waals surface area contributed by atoms with Gasteiger partial charge in [-0.1, -0.05) is 11.6 Å². The molecule has 1 aliphatic rings. The highest BCUT2D eigenvalue weighted by Crippen LogP contribution is 2.27. The van der Waals surface area contributed by atoms with E-state index in [0.717, 1.165) is 38.3 Å². The topological polar surface area (TPSA) is 59.4 Å². The number of benzene rings is 1. The van der Waals surface area contributed by atoms with Crippen molar-refractivity contribution in [2.24, 2.45) is 7.05 Å². The molecule has 1 N–H and O–H groups in total. The van der Waals surface area contributed by atoms with Crippen LogP contribution in [0, 0.1) is 0 Å². The number of nitrogens with one attached hydrogen (secondary N) is 1. The second kappa shape index (κ2) is 8.53. The van der Waals surface area contributed by atoms with Crippen molar-refractivity contribution in [3.63, 3.8) is 0 Å². The van der Waals surface area contributed by atoms with E-state index in [-0.39, 0.29) is 17.6 Å². The van der Waals surface area contributed by atoms with Crippen molar-refractivity contribution in [1.29, 1.82) is 0 Å². The maximum atomic E-state index is 12.7. The summed E-state index contributed by atoms with van der Waals surface area (Å²) in [6.07, 6.45) is 5.70. The standard InChI is InChI=1S/C21H29ClN4O2/c1-21(2,3)24-20(27)17-13-15(22)5-6-18(17)28-16-7-10-26(11-8-16)14-19-23-9-12-25(19)4/h5-6,9,12-13,16H,7-8,10-11,14H2,1-4H3,(H,24,27). The lowest BCUT2D eigenvalue weighted by atomic mass is 10.1. The number of hydrogen-bond acceptors (Lipinski definition) is 4. The van der Waals surface area contributed by atoms with Gasteiger partial charge in [-0.2, -0.15) is 0 Å². The van der Waals surface area contributed by atoms with Gasteiger partial charge >= 0.3 is 0 Å². The fourth-order valence-electron chi connectivity index (χ4n) is 3.30. The molecule has 7 heteroatoms. The highest BCUT2D eigenvalue weighted by Gasteiger charge is 2.24. The minimum atomic E-state index is -0.326. The molecule has 2 heterocycles. The van der Waals surface area contributed by atoms with Gasteiger partial charge in [0.15, 0.2) is 0 Å². The van der Waals surface area contributed by atoms with E-state index in [2.05, 4.69) is 19.8 Å². The van der Waals surface area contributed by atoms with Crippen LogP contribution in [0.4, 0.5) is 0 Å².